The molecule has 0 aliphatic carbocycles. The lowest BCUT2D eigenvalue weighted by molar-refractivity contribution is 0.0984. The Labute approximate surface area is 186 Å². The van der Waals surface area contributed by atoms with E-state index in [-0.39, 0.29) is 5.91 Å². The van der Waals surface area contributed by atoms with Crippen LogP contribution in [-0.2, 0) is 6.42 Å². The van der Waals surface area contributed by atoms with Crippen LogP contribution in [0.4, 0.5) is 5.69 Å². The number of amides is 1. The van der Waals surface area contributed by atoms with Crippen molar-refractivity contribution in [2.24, 2.45) is 5.92 Å². The number of piperidine rings is 1. The minimum Gasteiger partial charge on any atom is -0.308 e. The van der Waals surface area contributed by atoms with E-state index < -0.39 is 0 Å². The van der Waals surface area contributed by atoms with Crippen LogP contribution in [0.1, 0.15) is 35.2 Å². The molecule has 160 valence electrons. The third-order valence-electron chi connectivity index (χ3n) is 6.26. The molecule has 1 aliphatic rings. The molecule has 0 unspecified atom stereocenters. The summed E-state index contributed by atoms with van der Waals surface area (Å²) in [7, 11) is 0. The van der Waals surface area contributed by atoms with E-state index in [1.807, 2.05) is 65.6 Å². The quantitative estimate of drug-likeness (QED) is 0.475. The number of rotatable bonds is 8. The van der Waals surface area contributed by atoms with Gasteiger partial charge in [0.1, 0.15) is 0 Å². The minimum atomic E-state index is 0.0772. The predicted octanol–water partition coefficient (Wildman–Crippen LogP) is 5.68. The van der Waals surface area contributed by atoms with Gasteiger partial charge in [0.15, 0.2) is 0 Å². The van der Waals surface area contributed by atoms with E-state index in [4.69, 9.17) is 0 Å². The van der Waals surface area contributed by atoms with Crippen LogP contribution in [0.5, 0.6) is 0 Å². The first-order chi connectivity index (χ1) is 15.3. The lowest BCUT2D eigenvalue weighted by atomic mass is 9.90. The third kappa shape index (κ3) is 6.05. The predicted molar refractivity (Wildman–Crippen MR) is 128 cm³/mol. The minimum absolute atomic E-state index is 0.0772. The molecule has 4 rings (SSSR count). The van der Waals surface area contributed by atoms with Gasteiger partial charge >= 0.3 is 0 Å². The number of nitrogens with zero attached hydrogens (tertiary/aromatic N) is 2. The van der Waals surface area contributed by atoms with Crippen molar-refractivity contribution in [1.29, 1.82) is 0 Å². The van der Waals surface area contributed by atoms with Crippen LogP contribution in [0.25, 0.3) is 0 Å². The highest BCUT2D eigenvalue weighted by Gasteiger charge is 2.21. The number of anilines is 1. The van der Waals surface area contributed by atoms with Crippen molar-refractivity contribution in [1.82, 2.24) is 4.90 Å². The molecule has 0 spiro atoms. The Hall–Kier alpha value is -2.91. The van der Waals surface area contributed by atoms with E-state index in [0.29, 0.717) is 0 Å². The second-order valence-electron chi connectivity index (χ2n) is 8.49. The first-order valence-corrected chi connectivity index (χ1v) is 11.5. The van der Waals surface area contributed by atoms with Crippen molar-refractivity contribution in [2.75, 3.05) is 31.1 Å². The summed E-state index contributed by atoms with van der Waals surface area (Å²) in [6.07, 6.45) is 4.71. The van der Waals surface area contributed by atoms with Gasteiger partial charge in [-0.3, -0.25) is 4.79 Å². The smallest absolute Gasteiger partial charge is 0.258 e. The second-order valence-corrected chi connectivity index (χ2v) is 8.49. The zero-order chi connectivity index (χ0) is 21.3. The maximum atomic E-state index is 13.2. The maximum absolute atomic E-state index is 13.2. The fourth-order valence-electron chi connectivity index (χ4n) is 4.51. The highest BCUT2D eigenvalue weighted by atomic mass is 16.2. The number of benzene rings is 3. The fraction of sp³-hybridized carbons (Fsp3) is 0.321. The maximum Gasteiger partial charge on any atom is 0.258 e. The summed E-state index contributed by atoms with van der Waals surface area (Å²) in [5.74, 6) is 0.868. The summed E-state index contributed by atoms with van der Waals surface area (Å²) in [6, 6.07) is 30.5. The van der Waals surface area contributed by atoms with E-state index in [1.54, 1.807) is 0 Å². The molecular formula is C28H32N2O. The van der Waals surface area contributed by atoms with Crippen molar-refractivity contribution >= 4 is 11.6 Å². The van der Waals surface area contributed by atoms with Crippen molar-refractivity contribution < 1.29 is 4.79 Å². The molecule has 0 bridgehead atoms. The third-order valence-corrected chi connectivity index (χ3v) is 6.26. The molecular weight excluding hydrogens is 380 g/mol. The lowest BCUT2D eigenvalue weighted by Crippen LogP contribution is -2.38. The van der Waals surface area contributed by atoms with Gasteiger partial charge in [-0.2, -0.15) is 0 Å². The fourth-order valence-corrected chi connectivity index (χ4v) is 4.51. The van der Waals surface area contributed by atoms with Crippen LogP contribution in [0.15, 0.2) is 91.0 Å². The van der Waals surface area contributed by atoms with Crippen molar-refractivity contribution in [3.05, 3.63) is 102 Å². The van der Waals surface area contributed by atoms with Crippen molar-refractivity contribution in [2.45, 2.75) is 25.7 Å². The summed E-state index contributed by atoms with van der Waals surface area (Å²) in [5.41, 5.74) is 3.17. The van der Waals surface area contributed by atoms with Crippen LogP contribution in [0, 0.1) is 5.92 Å². The van der Waals surface area contributed by atoms with Gasteiger partial charge in [-0.1, -0.05) is 66.7 Å². The Morgan fingerprint density at radius 1 is 0.806 bits per heavy atom. The van der Waals surface area contributed by atoms with Gasteiger partial charge < -0.3 is 9.80 Å². The molecule has 1 heterocycles. The molecule has 0 radical (unpaired) electrons. The van der Waals surface area contributed by atoms with E-state index in [9.17, 15) is 4.79 Å². The molecule has 0 saturated carbocycles. The zero-order valence-electron chi connectivity index (χ0n) is 18.2. The standard InChI is InChI=1S/C28H32N2O/c31-28(26-13-6-2-7-14-26)30(27-15-8-3-9-16-27)20-10-19-29-21-17-25(18-22-29)23-24-11-4-1-5-12-24/h1-9,11-16,25H,10,17-23H2. The first kappa shape index (κ1) is 21.3. The van der Waals surface area contributed by atoms with Gasteiger partial charge in [0.25, 0.3) is 5.91 Å². The normalized spacial score (nSPS) is 15.0. The van der Waals surface area contributed by atoms with Crippen molar-refractivity contribution in [3.63, 3.8) is 0 Å². The Bertz CT molecular complexity index is 919. The Kier molecular flexibility index (Phi) is 7.51. The number of carbonyl (C=O) groups is 1. The van der Waals surface area contributed by atoms with Gasteiger partial charge in [-0.05, 0) is 81.1 Å². The average Bonchev–Trinajstić information content (AvgIpc) is 2.84. The Balaban J connectivity index is 1.29. The topological polar surface area (TPSA) is 23.6 Å². The Morgan fingerprint density at radius 2 is 1.39 bits per heavy atom. The van der Waals surface area contributed by atoms with Gasteiger partial charge in [-0.25, -0.2) is 0 Å². The SMILES string of the molecule is O=C(c1ccccc1)N(CCCN1CCC(Cc2ccccc2)CC1)c1ccccc1. The average molecular weight is 413 g/mol. The van der Waals surface area contributed by atoms with Crippen LogP contribution in [-0.4, -0.2) is 37.0 Å². The van der Waals surface area contributed by atoms with Crippen LogP contribution < -0.4 is 4.90 Å². The molecule has 1 amide bonds. The highest BCUT2D eigenvalue weighted by Crippen LogP contribution is 2.22. The van der Waals surface area contributed by atoms with Gasteiger partial charge in [-0.15, -0.1) is 0 Å². The summed E-state index contributed by atoms with van der Waals surface area (Å²) in [5, 5.41) is 0. The molecule has 3 heteroatoms. The van der Waals surface area contributed by atoms with E-state index in [1.165, 1.54) is 24.8 Å². The van der Waals surface area contributed by atoms with Gasteiger partial charge in [0.05, 0.1) is 0 Å². The number of carbonyl (C=O) groups excluding carboxylic acids is 1. The summed E-state index contributed by atoms with van der Waals surface area (Å²) < 4.78 is 0. The van der Waals surface area contributed by atoms with E-state index >= 15 is 0 Å². The van der Waals surface area contributed by atoms with Crippen LogP contribution >= 0.6 is 0 Å². The van der Waals surface area contributed by atoms with Crippen LogP contribution in [0.3, 0.4) is 0 Å². The van der Waals surface area contributed by atoms with Crippen molar-refractivity contribution in [3.8, 4) is 0 Å². The molecule has 1 fully saturated rings. The van der Waals surface area contributed by atoms with Gasteiger partial charge in [0, 0.05) is 17.8 Å². The Morgan fingerprint density at radius 3 is 2.03 bits per heavy atom. The number of para-hydroxylation sites is 1. The first-order valence-electron chi connectivity index (χ1n) is 11.5. The molecule has 3 aromatic rings. The van der Waals surface area contributed by atoms with Gasteiger partial charge in [0.2, 0.25) is 0 Å². The number of hydrogen-bond acceptors (Lipinski definition) is 2. The molecule has 1 aliphatic heterocycles. The summed E-state index contributed by atoms with van der Waals surface area (Å²) >= 11 is 0. The molecule has 0 N–H and O–H groups in total. The van der Waals surface area contributed by atoms with E-state index in [2.05, 4.69) is 35.2 Å². The second kappa shape index (κ2) is 10.9. The molecule has 31 heavy (non-hydrogen) atoms. The lowest BCUT2D eigenvalue weighted by Gasteiger charge is -2.32. The monoisotopic (exact) mass is 412 g/mol. The summed E-state index contributed by atoms with van der Waals surface area (Å²) in [4.78, 5) is 17.7. The molecule has 0 atom stereocenters. The number of hydrogen-bond donors (Lipinski definition) is 0. The zero-order valence-corrected chi connectivity index (χ0v) is 18.2. The van der Waals surface area contributed by atoms with Crippen LogP contribution in [0.2, 0.25) is 0 Å². The highest BCUT2D eigenvalue weighted by molar-refractivity contribution is 6.06. The molecule has 3 nitrogen and oxygen atoms in total. The molecule has 0 aromatic heterocycles. The van der Waals surface area contributed by atoms with E-state index in [0.717, 1.165) is 49.8 Å². The summed E-state index contributed by atoms with van der Waals surface area (Å²) in [6.45, 7) is 4.11. The molecule has 3 aromatic carbocycles. The largest absolute Gasteiger partial charge is 0.308 e. The molecule has 1 saturated heterocycles. The number of likely N-dealkylation sites (tertiary alicyclic amines) is 1.